The van der Waals surface area contributed by atoms with Crippen LogP contribution < -0.4 is 4.74 Å². The zero-order valence-electron chi connectivity index (χ0n) is 12.6. The molecule has 2 aromatic heterocycles. The van der Waals surface area contributed by atoms with E-state index in [2.05, 4.69) is 21.9 Å². The van der Waals surface area contributed by atoms with E-state index in [-0.39, 0.29) is 6.10 Å². The van der Waals surface area contributed by atoms with Gasteiger partial charge in [0.05, 0.1) is 17.5 Å². The SMILES string of the molecule is CCCc1nc(OC(C)C)cc(-c2cccc(C)n2)n1. The molecule has 0 saturated heterocycles. The Balaban J connectivity index is 2.43. The van der Waals surface area contributed by atoms with E-state index in [0.717, 1.165) is 35.7 Å². The summed E-state index contributed by atoms with van der Waals surface area (Å²) in [7, 11) is 0. The van der Waals surface area contributed by atoms with Gasteiger partial charge in [-0.2, -0.15) is 4.98 Å². The van der Waals surface area contributed by atoms with Gasteiger partial charge in [0.25, 0.3) is 0 Å². The molecule has 106 valence electrons. The van der Waals surface area contributed by atoms with Crippen molar-refractivity contribution in [3.63, 3.8) is 0 Å². The van der Waals surface area contributed by atoms with Crippen LogP contribution in [0.3, 0.4) is 0 Å². The highest BCUT2D eigenvalue weighted by Gasteiger charge is 2.09. The molecular formula is C16H21N3O. The van der Waals surface area contributed by atoms with Crippen LogP contribution >= 0.6 is 0 Å². The van der Waals surface area contributed by atoms with E-state index in [1.165, 1.54) is 0 Å². The van der Waals surface area contributed by atoms with E-state index >= 15 is 0 Å². The molecule has 0 aliphatic carbocycles. The van der Waals surface area contributed by atoms with Crippen LogP contribution in [-0.2, 0) is 6.42 Å². The van der Waals surface area contributed by atoms with Crippen LogP contribution in [0.5, 0.6) is 5.88 Å². The predicted molar refractivity (Wildman–Crippen MR) is 79.8 cm³/mol. The molecule has 0 saturated carbocycles. The molecule has 0 fully saturated rings. The lowest BCUT2D eigenvalue weighted by Gasteiger charge is -2.11. The van der Waals surface area contributed by atoms with Gasteiger partial charge in [0.1, 0.15) is 5.82 Å². The molecule has 4 heteroatoms. The monoisotopic (exact) mass is 271 g/mol. The summed E-state index contributed by atoms with van der Waals surface area (Å²) in [6.07, 6.45) is 1.94. The normalized spacial score (nSPS) is 10.8. The van der Waals surface area contributed by atoms with Crippen LogP contribution in [0.25, 0.3) is 11.4 Å². The Hall–Kier alpha value is -1.97. The topological polar surface area (TPSA) is 47.9 Å². The first-order chi connectivity index (χ1) is 9.58. The van der Waals surface area contributed by atoms with Gasteiger partial charge in [0.15, 0.2) is 0 Å². The largest absolute Gasteiger partial charge is 0.475 e. The highest BCUT2D eigenvalue weighted by atomic mass is 16.5. The maximum atomic E-state index is 5.71. The summed E-state index contributed by atoms with van der Waals surface area (Å²) in [4.78, 5) is 13.6. The molecule has 0 bridgehead atoms. The van der Waals surface area contributed by atoms with E-state index in [0.29, 0.717) is 5.88 Å². The quantitative estimate of drug-likeness (QED) is 0.834. The Morgan fingerprint density at radius 3 is 2.55 bits per heavy atom. The Labute approximate surface area is 120 Å². The van der Waals surface area contributed by atoms with Gasteiger partial charge in [-0.15, -0.1) is 0 Å². The van der Waals surface area contributed by atoms with Gasteiger partial charge < -0.3 is 4.74 Å². The second-order valence-electron chi connectivity index (χ2n) is 5.09. The predicted octanol–water partition coefficient (Wildman–Crippen LogP) is 3.59. The maximum absolute atomic E-state index is 5.71. The first-order valence-corrected chi connectivity index (χ1v) is 7.07. The summed E-state index contributed by atoms with van der Waals surface area (Å²) in [5.74, 6) is 1.43. The van der Waals surface area contributed by atoms with E-state index in [1.807, 2.05) is 45.0 Å². The van der Waals surface area contributed by atoms with Crippen molar-refractivity contribution < 1.29 is 4.74 Å². The van der Waals surface area contributed by atoms with Crippen LogP contribution in [0, 0.1) is 6.92 Å². The average Bonchev–Trinajstić information content (AvgIpc) is 2.38. The second-order valence-corrected chi connectivity index (χ2v) is 5.09. The lowest BCUT2D eigenvalue weighted by atomic mass is 10.2. The highest BCUT2D eigenvalue weighted by molar-refractivity contribution is 5.55. The number of aromatic nitrogens is 3. The minimum Gasteiger partial charge on any atom is -0.475 e. The fraction of sp³-hybridized carbons (Fsp3) is 0.438. The molecule has 0 aromatic carbocycles. The third-order valence-corrected chi connectivity index (χ3v) is 2.73. The Morgan fingerprint density at radius 1 is 1.10 bits per heavy atom. The van der Waals surface area contributed by atoms with Gasteiger partial charge in [-0.25, -0.2) is 4.98 Å². The number of hydrogen-bond donors (Lipinski definition) is 0. The molecule has 0 unspecified atom stereocenters. The fourth-order valence-corrected chi connectivity index (χ4v) is 1.93. The van der Waals surface area contributed by atoms with E-state index in [4.69, 9.17) is 4.74 Å². The lowest BCUT2D eigenvalue weighted by molar-refractivity contribution is 0.231. The minimum atomic E-state index is 0.0951. The van der Waals surface area contributed by atoms with Crippen LogP contribution in [-0.4, -0.2) is 21.1 Å². The maximum Gasteiger partial charge on any atom is 0.217 e. The van der Waals surface area contributed by atoms with Crippen molar-refractivity contribution in [2.45, 2.75) is 46.6 Å². The van der Waals surface area contributed by atoms with Crippen molar-refractivity contribution in [3.8, 4) is 17.3 Å². The second kappa shape index (κ2) is 6.46. The Bertz CT molecular complexity index is 582. The van der Waals surface area contributed by atoms with Gasteiger partial charge in [-0.05, 0) is 39.3 Å². The van der Waals surface area contributed by atoms with E-state index < -0.39 is 0 Å². The number of ether oxygens (including phenoxy) is 1. The molecule has 2 aromatic rings. The fourth-order valence-electron chi connectivity index (χ4n) is 1.93. The van der Waals surface area contributed by atoms with Crippen molar-refractivity contribution in [2.24, 2.45) is 0 Å². The lowest BCUT2D eigenvalue weighted by Crippen LogP contribution is -2.09. The molecule has 0 aliphatic heterocycles. The van der Waals surface area contributed by atoms with Crippen molar-refractivity contribution in [2.75, 3.05) is 0 Å². The third kappa shape index (κ3) is 3.76. The van der Waals surface area contributed by atoms with Crippen LogP contribution in [0.1, 0.15) is 38.7 Å². The Kier molecular flexibility index (Phi) is 4.66. The molecule has 0 N–H and O–H groups in total. The summed E-state index contributed by atoms with van der Waals surface area (Å²) in [5.41, 5.74) is 2.66. The molecule has 20 heavy (non-hydrogen) atoms. The molecule has 0 radical (unpaired) electrons. The summed E-state index contributed by atoms with van der Waals surface area (Å²) < 4.78 is 5.71. The number of pyridine rings is 1. The highest BCUT2D eigenvalue weighted by Crippen LogP contribution is 2.20. The number of hydrogen-bond acceptors (Lipinski definition) is 4. The zero-order valence-corrected chi connectivity index (χ0v) is 12.6. The molecule has 0 spiro atoms. The van der Waals surface area contributed by atoms with Crippen molar-refractivity contribution in [1.82, 2.24) is 15.0 Å². The van der Waals surface area contributed by atoms with Gasteiger partial charge in [0, 0.05) is 18.2 Å². The van der Waals surface area contributed by atoms with Crippen LogP contribution in [0.4, 0.5) is 0 Å². The molecule has 0 atom stereocenters. The van der Waals surface area contributed by atoms with E-state index in [1.54, 1.807) is 0 Å². The summed E-state index contributed by atoms with van der Waals surface area (Å²) in [6, 6.07) is 7.79. The molecule has 4 nitrogen and oxygen atoms in total. The van der Waals surface area contributed by atoms with Crippen LogP contribution in [0.2, 0.25) is 0 Å². The molecule has 0 amide bonds. The van der Waals surface area contributed by atoms with Gasteiger partial charge in [0.2, 0.25) is 5.88 Å². The van der Waals surface area contributed by atoms with Gasteiger partial charge in [-0.1, -0.05) is 13.0 Å². The van der Waals surface area contributed by atoms with Gasteiger partial charge >= 0.3 is 0 Å². The zero-order chi connectivity index (χ0) is 14.5. The Morgan fingerprint density at radius 2 is 1.90 bits per heavy atom. The molecule has 0 aliphatic rings. The third-order valence-electron chi connectivity index (χ3n) is 2.73. The standard InChI is InChI=1S/C16H21N3O/c1-5-7-15-18-14(10-16(19-15)20-11(2)3)13-9-6-8-12(4)17-13/h6,8-11H,5,7H2,1-4H3. The molecular weight excluding hydrogens is 250 g/mol. The number of nitrogens with zero attached hydrogens (tertiary/aromatic N) is 3. The first-order valence-electron chi connectivity index (χ1n) is 7.07. The van der Waals surface area contributed by atoms with Crippen LogP contribution in [0.15, 0.2) is 24.3 Å². The summed E-state index contributed by atoms with van der Waals surface area (Å²) in [5, 5.41) is 0. The molecule has 2 rings (SSSR count). The van der Waals surface area contributed by atoms with Gasteiger partial charge in [-0.3, -0.25) is 4.98 Å². The smallest absolute Gasteiger partial charge is 0.217 e. The molecule has 2 heterocycles. The minimum absolute atomic E-state index is 0.0951. The van der Waals surface area contributed by atoms with Crippen molar-refractivity contribution in [1.29, 1.82) is 0 Å². The average molecular weight is 271 g/mol. The first kappa shape index (κ1) is 14.4. The number of aryl methyl sites for hydroxylation is 2. The van der Waals surface area contributed by atoms with Crippen molar-refractivity contribution >= 4 is 0 Å². The van der Waals surface area contributed by atoms with E-state index in [9.17, 15) is 0 Å². The summed E-state index contributed by atoms with van der Waals surface area (Å²) >= 11 is 0. The number of rotatable bonds is 5. The summed E-state index contributed by atoms with van der Waals surface area (Å²) in [6.45, 7) is 8.07. The van der Waals surface area contributed by atoms with Crippen molar-refractivity contribution in [3.05, 3.63) is 35.8 Å².